The molecule has 0 bridgehead atoms. The molecule has 0 unspecified atom stereocenters. The molecule has 2 amide bonds. The van der Waals surface area contributed by atoms with Gasteiger partial charge in [-0.15, -0.1) is 0 Å². The Labute approximate surface area is 229 Å². The quantitative estimate of drug-likeness (QED) is 0.277. The predicted molar refractivity (Wildman–Crippen MR) is 158 cm³/mol. The molecule has 2 N–H and O–H groups in total. The molecule has 0 spiro atoms. The molecule has 0 atom stereocenters. The van der Waals surface area contributed by atoms with Crippen molar-refractivity contribution in [2.24, 2.45) is 0 Å². The fraction of sp³-hybridized carbons (Fsp3) is 0.154. The average Bonchev–Trinajstić information content (AvgIpc) is 3.31. The summed E-state index contributed by atoms with van der Waals surface area (Å²) < 4.78 is 0.849. The van der Waals surface area contributed by atoms with E-state index >= 15 is 0 Å². The van der Waals surface area contributed by atoms with Crippen LogP contribution in [-0.4, -0.2) is 43.3 Å². The zero-order valence-electron chi connectivity index (χ0n) is 19.4. The number of hydrogen-bond donors (Lipinski definition) is 2. The Balaban J connectivity index is 1.35. The number of amides is 2. The summed E-state index contributed by atoms with van der Waals surface area (Å²) in [5.41, 5.74) is 3.40. The molecule has 2 aliphatic heterocycles. The lowest BCUT2D eigenvalue weighted by Gasteiger charge is -2.17. The zero-order chi connectivity index (χ0) is 25.7. The van der Waals surface area contributed by atoms with Crippen molar-refractivity contribution in [2.45, 2.75) is 12.8 Å². The molecule has 0 saturated carbocycles. The number of benzene rings is 2. The van der Waals surface area contributed by atoms with E-state index in [0.29, 0.717) is 44.4 Å². The Morgan fingerprint density at radius 1 is 0.694 bits per heavy atom. The van der Waals surface area contributed by atoms with Gasteiger partial charge < -0.3 is 10.6 Å². The van der Waals surface area contributed by atoms with Crippen molar-refractivity contribution in [3.63, 3.8) is 0 Å². The standard InChI is InChI=1S/C26H24N4O2S4/c1-17(27-19-9-5-3-6-10-19)13-15-29-23(31)21(35-25(29)33)22-24(32)30(26(34)36-22)16-14-18(2)28-20-11-7-4-8-12-20/h3-12,27-28H,1-2,13-16H2/b22-21+. The van der Waals surface area contributed by atoms with Crippen LogP contribution in [0.4, 0.5) is 11.4 Å². The summed E-state index contributed by atoms with van der Waals surface area (Å²) >= 11 is 13.2. The number of thioether (sulfide) groups is 2. The predicted octanol–water partition coefficient (Wildman–Crippen LogP) is 5.95. The molecule has 4 rings (SSSR count). The largest absolute Gasteiger partial charge is 0.359 e. The molecule has 10 heteroatoms. The summed E-state index contributed by atoms with van der Waals surface area (Å²) in [7, 11) is 0. The number of anilines is 2. The molecule has 0 aromatic heterocycles. The van der Waals surface area contributed by atoms with Crippen LogP contribution in [0, 0.1) is 0 Å². The van der Waals surface area contributed by atoms with E-state index in [1.165, 1.54) is 9.80 Å². The maximum atomic E-state index is 13.2. The topological polar surface area (TPSA) is 64.7 Å². The van der Waals surface area contributed by atoms with E-state index in [1.807, 2.05) is 60.7 Å². The molecule has 2 aromatic carbocycles. The first kappa shape index (κ1) is 26.2. The van der Waals surface area contributed by atoms with Gasteiger partial charge >= 0.3 is 0 Å². The number of para-hydroxylation sites is 2. The maximum Gasteiger partial charge on any atom is 0.267 e. The molecule has 2 fully saturated rings. The molecule has 0 aliphatic carbocycles. The molecule has 6 nitrogen and oxygen atoms in total. The first-order valence-corrected chi connectivity index (χ1v) is 13.6. The maximum absolute atomic E-state index is 13.2. The monoisotopic (exact) mass is 552 g/mol. The Bertz CT molecular complexity index is 1160. The van der Waals surface area contributed by atoms with Crippen molar-refractivity contribution in [2.75, 3.05) is 23.7 Å². The molecule has 0 radical (unpaired) electrons. The zero-order valence-corrected chi connectivity index (χ0v) is 22.6. The van der Waals surface area contributed by atoms with Crippen LogP contribution in [-0.2, 0) is 9.59 Å². The van der Waals surface area contributed by atoms with Crippen LogP contribution in [0.5, 0.6) is 0 Å². The Kier molecular flexibility index (Phi) is 8.63. The van der Waals surface area contributed by atoms with E-state index in [1.54, 1.807) is 0 Å². The van der Waals surface area contributed by atoms with Gasteiger partial charge in [0.1, 0.15) is 8.64 Å². The lowest BCUT2D eigenvalue weighted by molar-refractivity contribution is -0.124. The smallest absolute Gasteiger partial charge is 0.267 e. The summed E-state index contributed by atoms with van der Waals surface area (Å²) in [5, 5.41) is 6.46. The summed E-state index contributed by atoms with van der Waals surface area (Å²) in [5.74, 6) is -0.540. The SMILES string of the molecule is C=C(CCN1C(=O)/C(=C2\SC(=S)N(CCC(=C)Nc3ccccc3)C2=O)SC1=S)Nc1ccccc1. The number of nitrogens with zero attached hydrogens (tertiary/aromatic N) is 2. The second-order valence-electron chi connectivity index (χ2n) is 8.00. The van der Waals surface area contributed by atoms with Gasteiger partial charge in [0.05, 0.1) is 9.81 Å². The fourth-order valence-corrected chi connectivity index (χ4v) is 6.30. The molecule has 2 aliphatic rings. The van der Waals surface area contributed by atoms with Gasteiger partial charge in [-0.25, -0.2) is 0 Å². The van der Waals surface area contributed by atoms with Gasteiger partial charge in [0, 0.05) is 48.7 Å². The second-order valence-corrected chi connectivity index (χ2v) is 11.3. The van der Waals surface area contributed by atoms with E-state index in [9.17, 15) is 9.59 Å². The van der Waals surface area contributed by atoms with Crippen LogP contribution in [0.3, 0.4) is 0 Å². The number of rotatable bonds is 10. The summed E-state index contributed by atoms with van der Waals surface area (Å²) in [6, 6.07) is 19.4. The van der Waals surface area contributed by atoms with E-state index in [2.05, 4.69) is 23.8 Å². The van der Waals surface area contributed by atoms with Gasteiger partial charge in [0.2, 0.25) is 0 Å². The second kappa shape index (κ2) is 11.9. The lowest BCUT2D eigenvalue weighted by Crippen LogP contribution is -2.31. The van der Waals surface area contributed by atoms with E-state index in [0.717, 1.165) is 46.3 Å². The minimum absolute atomic E-state index is 0.270. The summed E-state index contributed by atoms with van der Waals surface area (Å²) in [6.45, 7) is 8.84. The summed E-state index contributed by atoms with van der Waals surface area (Å²) in [4.78, 5) is 30.0. The third-order valence-electron chi connectivity index (χ3n) is 5.37. The van der Waals surface area contributed by atoms with Crippen molar-refractivity contribution in [3.8, 4) is 0 Å². The van der Waals surface area contributed by atoms with Crippen LogP contribution in [0.1, 0.15) is 12.8 Å². The van der Waals surface area contributed by atoms with Gasteiger partial charge in [-0.2, -0.15) is 0 Å². The molecule has 36 heavy (non-hydrogen) atoms. The van der Waals surface area contributed by atoms with Crippen molar-refractivity contribution < 1.29 is 9.59 Å². The first-order chi connectivity index (χ1) is 17.3. The molecular formula is C26H24N4O2S4. The highest BCUT2D eigenvalue weighted by molar-refractivity contribution is 8.29. The minimum atomic E-state index is -0.270. The number of hydrogen-bond acceptors (Lipinski definition) is 8. The Morgan fingerprint density at radius 2 is 1.06 bits per heavy atom. The highest BCUT2D eigenvalue weighted by atomic mass is 32.2. The highest BCUT2D eigenvalue weighted by Crippen LogP contribution is 2.42. The molecule has 184 valence electrons. The molecular weight excluding hydrogens is 529 g/mol. The van der Waals surface area contributed by atoms with Gasteiger partial charge in [-0.1, -0.05) is 97.5 Å². The van der Waals surface area contributed by atoms with Gasteiger partial charge in [0.15, 0.2) is 0 Å². The van der Waals surface area contributed by atoms with E-state index in [4.69, 9.17) is 24.4 Å². The fourth-order valence-electron chi connectivity index (χ4n) is 3.53. The third kappa shape index (κ3) is 6.25. The third-order valence-corrected chi connectivity index (χ3v) is 8.39. The highest BCUT2D eigenvalue weighted by Gasteiger charge is 2.41. The van der Waals surface area contributed by atoms with Gasteiger partial charge in [0.25, 0.3) is 11.8 Å². The van der Waals surface area contributed by atoms with Gasteiger partial charge in [-0.05, 0) is 24.3 Å². The number of thiocarbonyl (C=S) groups is 2. The lowest BCUT2D eigenvalue weighted by atomic mass is 10.2. The van der Waals surface area contributed by atoms with Crippen molar-refractivity contribution in [1.29, 1.82) is 0 Å². The minimum Gasteiger partial charge on any atom is -0.359 e. The molecule has 2 heterocycles. The van der Waals surface area contributed by atoms with E-state index in [-0.39, 0.29) is 11.8 Å². The first-order valence-electron chi connectivity index (χ1n) is 11.1. The number of nitrogens with one attached hydrogen (secondary N) is 2. The molecule has 2 saturated heterocycles. The normalized spacial score (nSPS) is 17.7. The number of carbonyl (C=O) groups excluding carboxylic acids is 2. The van der Waals surface area contributed by atoms with Crippen molar-refractivity contribution in [1.82, 2.24) is 9.80 Å². The van der Waals surface area contributed by atoms with Gasteiger partial charge in [-0.3, -0.25) is 19.4 Å². The van der Waals surface area contributed by atoms with Crippen molar-refractivity contribution >= 4 is 79.8 Å². The van der Waals surface area contributed by atoms with Crippen LogP contribution in [0.25, 0.3) is 0 Å². The summed E-state index contributed by atoms with van der Waals surface area (Å²) in [6.07, 6.45) is 1.04. The van der Waals surface area contributed by atoms with Crippen LogP contribution < -0.4 is 10.6 Å². The van der Waals surface area contributed by atoms with Crippen LogP contribution in [0.15, 0.2) is 95.0 Å². The Hall–Kier alpha value is -2.92. The molecule has 2 aromatic rings. The Morgan fingerprint density at radius 3 is 1.42 bits per heavy atom. The van der Waals surface area contributed by atoms with E-state index < -0.39 is 0 Å². The van der Waals surface area contributed by atoms with Crippen LogP contribution >= 0.6 is 48.0 Å². The average molecular weight is 553 g/mol. The van der Waals surface area contributed by atoms with Crippen LogP contribution in [0.2, 0.25) is 0 Å². The van der Waals surface area contributed by atoms with Crippen molar-refractivity contribution in [3.05, 3.63) is 95.0 Å². The number of carbonyl (C=O) groups is 2.